The van der Waals surface area contributed by atoms with Crippen molar-refractivity contribution in [3.8, 4) is 11.5 Å². The number of ether oxygens (including phenoxy) is 2. The highest BCUT2D eigenvalue weighted by molar-refractivity contribution is 6.30. The zero-order valence-electron chi connectivity index (χ0n) is 9.67. The summed E-state index contributed by atoms with van der Waals surface area (Å²) in [5, 5.41) is 4.16. The second-order valence-electron chi connectivity index (χ2n) is 4.72. The lowest BCUT2D eigenvalue weighted by molar-refractivity contribution is 0.173. The molecule has 3 nitrogen and oxygen atoms in total. The van der Waals surface area contributed by atoms with Crippen LogP contribution in [0.5, 0.6) is 11.5 Å². The molecule has 2 heterocycles. The van der Waals surface area contributed by atoms with E-state index in [1.165, 1.54) is 18.4 Å². The standard InChI is InChI=1S/C13H16ClNO2/c14-11-5-10(4-9-2-1-3-15-7-9)13-12(6-11)16-8-17-13/h5-6,9,15H,1-4,7-8H2. The van der Waals surface area contributed by atoms with Crippen molar-refractivity contribution in [1.29, 1.82) is 0 Å². The van der Waals surface area contributed by atoms with Gasteiger partial charge in [-0.05, 0) is 49.9 Å². The van der Waals surface area contributed by atoms with Crippen molar-refractivity contribution in [1.82, 2.24) is 5.32 Å². The van der Waals surface area contributed by atoms with E-state index in [4.69, 9.17) is 21.1 Å². The van der Waals surface area contributed by atoms with Gasteiger partial charge in [0.1, 0.15) is 0 Å². The van der Waals surface area contributed by atoms with E-state index >= 15 is 0 Å². The molecule has 1 unspecified atom stereocenters. The number of rotatable bonds is 2. The minimum absolute atomic E-state index is 0.311. The van der Waals surface area contributed by atoms with E-state index in [9.17, 15) is 0 Å². The lowest BCUT2D eigenvalue weighted by Gasteiger charge is -2.23. The monoisotopic (exact) mass is 253 g/mol. The first-order valence-electron chi connectivity index (χ1n) is 6.11. The maximum Gasteiger partial charge on any atom is 0.231 e. The topological polar surface area (TPSA) is 30.5 Å². The van der Waals surface area contributed by atoms with Gasteiger partial charge in [-0.3, -0.25) is 0 Å². The number of benzene rings is 1. The van der Waals surface area contributed by atoms with E-state index in [1.807, 2.05) is 12.1 Å². The Kier molecular flexibility index (Phi) is 3.12. The molecular formula is C13H16ClNO2. The van der Waals surface area contributed by atoms with E-state index in [-0.39, 0.29) is 0 Å². The van der Waals surface area contributed by atoms with E-state index in [1.54, 1.807) is 0 Å². The maximum absolute atomic E-state index is 6.10. The van der Waals surface area contributed by atoms with E-state index in [2.05, 4.69) is 5.32 Å². The first-order chi connectivity index (χ1) is 8.33. The Labute approximate surface area is 106 Å². The smallest absolute Gasteiger partial charge is 0.231 e. The van der Waals surface area contributed by atoms with Crippen LogP contribution in [-0.4, -0.2) is 19.9 Å². The Balaban J connectivity index is 1.82. The molecule has 1 N–H and O–H groups in total. The quantitative estimate of drug-likeness (QED) is 0.879. The molecular weight excluding hydrogens is 238 g/mol. The highest BCUT2D eigenvalue weighted by Gasteiger charge is 2.22. The third-order valence-electron chi connectivity index (χ3n) is 3.42. The molecule has 0 saturated carbocycles. The Hall–Kier alpha value is -0.930. The van der Waals surface area contributed by atoms with Crippen molar-refractivity contribution in [3.63, 3.8) is 0 Å². The first kappa shape index (κ1) is 11.2. The summed E-state index contributed by atoms with van der Waals surface area (Å²) in [5.74, 6) is 2.35. The lowest BCUT2D eigenvalue weighted by Crippen LogP contribution is -2.30. The van der Waals surface area contributed by atoms with Crippen molar-refractivity contribution in [2.24, 2.45) is 5.92 Å². The van der Waals surface area contributed by atoms with Crippen LogP contribution in [0.2, 0.25) is 5.02 Å². The Morgan fingerprint density at radius 3 is 3.12 bits per heavy atom. The number of halogens is 1. The molecule has 2 aliphatic rings. The molecule has 0 bridgehead atoms. The van der Waals surface area contributed by atoms with Gasteiger partial charge in [0.15, 0.2) is 11.5 Å². The Morgan fingerprint density at radius 2 is 2.29 bits per heavy atom. The van der Waals surface area contributed by atoms with Crippen LogP contribution in [0, 0.1) is 5.92 Å². The molecule has 1 aromatic carbocycles. The third kappa shape index (κ3) is 2.35. The molecule has 17 heavy (non-hydrogen) atoms. The number of piperidine rings is 1. The van der Waals surface area contributed by atoms with Gasteiger partial charge in [0.25, 0.3) is 0 Å². The van der Waals surface area contributed by atoms with Crippen molar-refractivity contribution in [2.75, 3.05) is 19.9 Å². The molecule has 3 rings (SSSR count). The number of hydrogen-bond acceptors (Lipinski definition) is 3. The van der Waals surface area contributed by atoms with Crippen molar-refractivity contribution < 1.29 is 9.47 Å². The average Bonchev–Trinajstić information content (AvgIpc) is 2.78. The highest BCUT2D eigenvalue weighted by Crippen LogP contribution is 2.39. The van der Waals surface area contributed by atoms with E-state index < -0.39 is 0 Å². The molecule has 2 aliphatic heterocycles. The zero-order valence-corrected chi connectivity index (χ0v) is 10.4. The molecule has 0 aromatic heterocycles. The summed E-state index contributed by atoms with van der Waals surface area (Å²) < 4.78 is 10.9. The summed E-state index contributed by atoms with van der Waals surface area (Å²) in [5.41, 5.74) is 1.18. The van der Waals surface area contributed by atoms with Crippen LogP contribution in [0.15, 0.2) is 12.1 Å². The molecule has 4 heteroatoms. The second kappa shape index (κ2) is 4.75. The van der Waals surface area contributed by atoms with Crippen LogP contribution in [0.3, 0.4) is 0 Å². The van der Waals surface area contributed by atoms with Crippen molar-refractivity contribution in [2.45, 2.75) is 19.3 Å². The average molecular weight is 254 g/mol. The van der Waals surface area contributed by atoms with Gasteiger partial charge in [0.2, 0.25) is 6.79 Å². The largest absolute Gasteiger partial charge is 0.454 e. The summed E-state index contributed by atoms with van der Waals surface area (Å²) in [4.78, 5) is 0. The summed E-state index contributed by atoms with van der Waals surface area (Å²) in [6, 6.07) is 3.83. The third-order valence-corrected chi connectivity index (χ3v) is 3.64. The molecule has 1 fully saturated rings. The molecule has 0 aliphatic carbocycles. The Morgan fingerprint density at radius 1 is 1.35 bits per heavy atom. The van der Waals surface area contributed by atoms with Crippen LogP contribution in [0.4, 0.5) is 0 Å². The maximum atomic E-state index is 6.10. The van der Waals surface area contributed by atoms with Gasteiger partial charge in [-0.25, -0.2) is 0 Å². The molecule has 0 amide bonds. The van der Waals surface area contributed by atoms with Crippen molar-refractivity contribution >= 4 is 11.6 Å². The fraction of sp³-hybridized carbons (Fsp3) is 0.538. The number of hydrogen-bond donors (Lipinski definition) is 1. The van der Waals surface area contributed by atoms with Crippen LogP contribution < -0.4 is 14.8 Å². The van der Waals surface area contributed by atoms with Gasteiger partial charge < -0.3 is 14.8 Å². The number of nitrogens with one attached hydrogen (secondary N) is 1. The summed E-state index contributed by atoms with van der Waals surface area (Å²) in [6.45, 7) is 2.54. The fourth-order valence-electron chi connectivity index (χ4n) is 2.61. The van der Waals surface area contributed by atoms with Gasteiger partial charge >= 0.3 is 0 Å². The zero-order chi connectivity index (χ0) is 11.7. The summed E-state index contributed by atoms with van der Waals surface area (Å²) in [7, 11) is 0. The van der Waals surface area contributed by atoms with Gasteiger partial charge in [-0.15, -0.1) is 0 Å². The summed E-state index contributed by atoms with van der Waals surface area (Å²) in [6.07, 6.45) is 3.54. The lowest BCUT2D eigenvalue weighted by atomic mass is 9.92. The van der Waals surface area contributed by atoms with E-state index in [0.717, 1.165) is 36.0 Å². The fourth-order valence-corrected chi connectivity index (χ4v) is 2.84. The molecule has 92 valence electrons. The van der Waals surface area contributed by atoms with Crippen LogP contribution in [0.1, 0.15) is 18.4 Å². The number of fused-ring (bicyclic) bond motifs is 1. The van der Waals surface area contributed by atoms with Crippen molar-refractivity contribution in [3.05, 3.63) is 22.7 Å². The normalized spacial score (nSPS) is 22.8. The van der Waals surface area contributed by atoms with Gasteiger partial charge in [0.05, 0.1) is 0 Å². The molecule has 1 saturated heterocycles. The predicted octanol–water partition coefficient (Wildman–Crippen LogP) is 2.61. The molecule has 1 aromatic rings. The SMILES string of the molecule is Clc1cc(CC2CCCNC2)c2c(c1)OCO2. The Bertz CT molecular complexity index is 416. The van der Waals surface area contributed by atoms with Crippen LogP contribution >= 0.6 is 11.6 Å². The first-order valence-corrected chi connectivity index (χ1v) is 6.49. The van der Waals surface area contributed by atoms with E-state index in [0.29, 0.717) is 12.7 Å². The van der Waals surface area contributed by atoms with Gasteiger partial charge in [-0.2, -0.15) is 0 Å². The molecule has 1 atom stereocenters. The van der Waals surface area contributed by atoms with Crippen LogP contribution in [0.25, 0.3) is 0 Å². The predicted molar refractivity (Wildman–Crippen MR) is 66.9 cm³/mol. The highest BCUT2D eigenvalue weighted by atomic mass is 35.5. The summed E-state index contributed by atoms with van der Waals surface area (Å²) >= 11 is 6.10. The van der Waals surface area contributed by atoms with Gasteiger partial charge in [0, 0.05) is 11.1 Å². The molecule has 0 spiro atoms. The van der Waals surface area contributed by atoms with Crippen LogP contribution in [-0.2, 0) is 6.42 Å². The van der Waals surface area contributed by atoms with Gasteiger partial charge in [-0.1, -0.05) is 11.6 Å². The minimum atomic E-state index is 0.311. The second-order valence-corrected chi connectivity index (χ2v) is 5.15. The minimum Gasteiger partial charge on any atom is -0.454 e. The molecule has 0 radical (unpaired) electrons.